The average Bonchev–Trinajstić information content (AvgIpc) is 2.90. The van der Waals surface area contributed by atoms with Crippen molar-refractivity contribution in [2.75, 3.05) is 6.54 Å². The monoisotopic (exact) mass is 191 g/mol. The van der Waals surface area contributed by atoms with Crippen molar-refractivity contribution in [3.63, 3.8) is 0 Å². The van der Waals surface area contributed by atoms with Crippen molar-refractivity contribution in [2.45, 2.75) is 25.8 Å². The van der Waals surface area contributed by atoms with E-state index in [0.29, 0.717) is 0 Å². The quantitative estimate of drug-likeness (QED) is 0.783. The minimum absolute atomic E-state index is 0.782. The third-order valence-electron chi connectivity index (χ3n) is 2.50. The van der Waals surface area contributed by atoms with Crippen LogP contribution < -0.4 is 5.32 Å². The smallest absolute Gasteiger partial charge is 0.0606 e. The fourth-order valence-electron chi connectivity index (χ4n) is 1.42. The predicted octanol–water partition coefficient (Wildman–Crippen LogP) is 1.58. The summed E-state index contributed by atoms with van der Waals surface area (Å²) in [6.45, 7) is 3.15. The minimum atomic E-state index is 0.782. The van der Waals surface area contributed by atoms with E-state index in [1.54, 1.807) is 0 Å². The third kappa shape index (κ3) is 2.45. The second kappa shape index (κ2) is 3.96. The van der Waals surface area contributed by atoms with E-state index < -0.39 is 0 Å². The van der Waals surface area contributed by atoms with Crippen LogP contribution in [0.5, 0.6) is 0 Å². The Labute approximate surface area is 84.8 Å². The Morgan fingerprint density at radius 3 is 3.07 bits per heavy atom. The van der Waals surface area contributed by atoms with E-state index in [2.05, 4.69) is 23.4 Å². The van der Waals surface area contributed by atoms with Crippen molar-refractivity contribution in [3.8, 4) is 0 Å². The lowest BCUT2D eigenvalue weighted by atomic mass is 10.2. The number of nitrogens with one attached hydrogen (secondary N) is 1. The van der Waals surface area contributed by atoms with Crippen molar-refractivity contribution in [2.24, 2.45) is 7.05 Å². The van der Waals surface area contributed by atoms with Crippen LogP contribution in [-0.2, 0) is 7.05 Å². The van der Waals surface area contributed by atoms with Gasteiger partial charge in [-0.05, 0) is 31.9 Å². The van der Waals surface area contributed by atoms with E-state index >= 15 is 0 Å². The van der Waals surface area contributed by atoms with Crippen LogP contribution in [0.15, 0.2) is 17.8 Å². The highest BCUT2D eigenvalue weighted by Crippen LogP contribution is 2.18. The summed E-state index contributed by atoms with van der Waals surface area (Å²) in [6.07, 6.45) is 6.70. The number of aryl methyl sites for hydroxylation is 1. The topological polar surface area (TPSA) is 29.9 Å². The van der Waals surface area contributed by atoms with Gasteiger partial charge in [0.05, 0.1) is 5.69 Å². The van der Waals surface area contributed by atoms with Gasteiger partial charge in [-0.3, -0.25) is 4.68 Å². The molecule has 1 heterocycles. The van der Waals surface area contributed by atoms with E-state index in [1.807, 2.05) is 24.0 Å². The predicted molar refractivity (Wildman–Crippen MR) is 57.9 cm³/mol. The average molecular weight is 191 g/mol. The lowest BCUT2D eigenvalue weighted by molar-refractivity contribution is 0.732. The van der Waals surface area contributed by atoms with Gasteiger partial charge < -0.3 is 5.32 Å². The minimum Gasteiger partial charge on any atom is -0.310 e. The van der Waals surface area contributed by atoms with Gasteiger partial charge in [0, 0.05) is 25.8 Å². The maximum atomic E-state index is 4.13. The van der Waals surface area contributed by atoms with Crippen molar-refractivity contribution < 1.29 is 0 Å². The van der Waals surface area contributed by atoms with Gasteiger partial charge in [0.2, 0.25) is 0 Å². The lowest BCUT2D eigenvalue weighted by Crippen LogP contribution is -2.18. The highest BCUT2D eigenvalue weighted by atomic mass is 15.2. The van der Waals surface area contributed by atoms with E-state index in [4.69, 9.17) is 0 Å². The number of nitrogens with zero attached hydrogens (tertiary/aromatic N) is 2. The summed E-state index contributed by atoms with van der Waals surface area (Å²) in [5.74, 6) is 0. The van der Waals surface area contributed by atoms with Crippen LogP contribution in [0.3, 0.4) is 0 Å². The molecule has 0 saturated heterocycles. The molecule has 0 amide bonds. The zero-order chi connectivity index (χ0) is 9.97. The second-order valence-electron chi connectivity index (χ2n) is 4.03. The van der Waals surface area contributed by atoms with Crippen LogP contribution in [0.4, 0.5) is 0 Å². The van der Waals surface area contributed by atoms with Crippen molar-refractivity contribution in [3.05, 3.63) is 23.5 Å². The first-order chi connectivity index (χ1) is 6.75. The first kappa shape index (κ1) is 9.46. The number of rotatable bonds is 4. The SMILES string of the molecule is CC(=Cc1ccnn1C)CNC1CC1. The van der Waals surface area contributed by atoms with Crippen LogP contribution in [-0.4, -0.2) is 22.4 Å². The Hall–Kier alpha value is -1.09. The van der Waals surface area contributed by atoms with E-state index in [1.165, 1.54) is 24.1 Å². The first-order valence-corrected chi connectivity index (χ1v) is 5.14. The molecule has 1 aliphatic carbocycles. The molecule has 0 unspecified atom stereocenters. The fraction of sp³-hybridized carbons (Fsp3) is 0.545. The summed E-state index contributed by atoms with van der Waals surface area (Å²) in [7, 11) is 1.97. The summed E-state index contributed by atoms with van der Waals surface area (Å²) < 4.78 is 1.89. The molecule has 1 N–H and O–H groups in total. The zero-order valence-corrected chi connectivity index (χ0v) is 8.83. The molecule has 3 nitrogen and oxygen atoms in total. The molecule has 76 valence electrons. The van der Waals surface area contributed by atoms with Gasteiger partial charge in [-0.1, -0.05) is 5.57 Å². The molecule has 1 aliphatic rings. The Bertz CT molecular complexity index is 334. The fourth-order valence-corrected chi connectivity index (χ4v) is 1.42. The number of hydrogen-bond acceptors (Lipinski definition) is 2. The highest BCUT2D eigenvalue weighted by Gasteiger charge is 2.19. The first-order valence-electron chi connectivity index (χ1n) is 5.14. The zero-order valence-electron chi connectivity index (χ0n) is 8.83. The Morgan fingerprint density at radius 2 is 2.50 bits per heavy atom. The summed E-state index contributed by atoms with van der Waals surface area (Å²) in [4.78, 5) is 0. The molecule has 1 aromatic rings. The molecule has 1 aromatic heterocycles. The number of hydrogen-bond donors (Lipinski definition) is 1. The molecule has 1 saturated carbocycles. The molecule has 14 heavy (non-hydrogen) atoms. The van der Waals surface area contributed by atoms with Crippen molar-refractivity contribution in [1.82, 2.24) is 15.1 Å². The Morgan fingerprint density at radius 1 is 1.71 bits per heavy atom. The van der Waals surface area contributed by atoms with Crippen LogP contribution in [0.2, 0.25) is 0 Å². The van der Waals surface area contributed by atoms with Crippen molar-refractivity contribution >= 4 is 6.08 Å². The molecule has 0 bridgehead atoms. The van der Waals surface area contributed by atoms with E-state index in [0.717, 1.165) is 12.6 Å². The number of aromatic nitrogens is 2. The normalized spacial score (nSPS) is 17.4. The molecule has 3 heteroatoms. The standard InChI is InChI=1S/C11H17N3/c1-9(8-12-10-3-4-10)7-11-5-6-13-14(11)2/h5-7,10,12H,3-4,8H2,1-2H3. The molecule has 0 aromatic carbocycles. The maximum Gasteiger partial charge on any atom is 0.0606 e. The summed E-state index contributed by atoms with van der Waals surface area (Å²) in [6, 6.07) is 2.81. The molecular formula is C11H17N3. The molecule has 0 atom stereocenters. The Balaban J connectivity index is 1.91. The highest BCUT2D eigenvalue weighted by molar-refractivity contribution is 5.48. The molecule has 2 rings (SSSR count). The van der Waals surface area contributed by atoms with Gasteiger partial charge in [0.25, 0.3) is 0 Å². The van der Waals surface area contributed by atoms with E-state index in [9.17, 15) is 0 Å². The molecular weight excluding hydrogens is 174 g/mol. The van der Waals surface area contributed by atoms with Gasteiger partial charge in [-0.15, -0.1) is 0 Å². The summed E-state index contributed by atoms with van der Waals surface area (Å²) in [5, 5.41) is 7.62. The molecule has 0 aliphatic heterocycles. The molecule has 0 spiro atoms. The van der Waals surface area contributed by atoms with Gasteiger partial charge in [0.15, 0.2) is 0 Å². The lowest BCUT2D eigenvalue weighted by Gasteiger charge is -2.03. The largest absolute Gasteiger partial charge is 0.310 e. The van der Waals surface area contributed by atoms with Crippen molar-refractivity contribution in [1.29, 1.82) is 0 Å². The van der Waals surface area contributed by atoms with Crippen LogP contribution in [0.1, 0.15) is 25.5 Å². The second-order valence-corrected chi connectivity index (χ2v) is 4.03. The molecule has 0 radical (unpaired) electrons. The Kier molecular flexibility index (Phi) is 2.68. The van der Waals surface area contributed by atoms with Gasteiger partial charge in [0.1, 0.15) is 0 Å². The summed E-state index contributed by atoms with van der Waals surface area (Å²) in [5.41, 5.74) is 2.53. The van der Waals surface area contributed by atoms with E-state index in [-0.39, 0.29) is 0 Å². The van der Waals surface area contributed by atoms with Crippen LogP contribution in [0, 0.1) is 0 Å². The van der Waals surface area contributed by atoms with Gasteiger partial charge in [-0.25, -0.2) is 0 Å². The maximum absolute atomic E-state index is 4.13. The summed E-state index contributed by atoms with van der Waals surface area (Å²) >= 11 is 0. The molecule has 1 fully saturated rings. The van der Waals surface area contributed by atoms with Crippen LogP contribution >= 0.6 is 0 Å². The third-order valence-corrected chi connectivity index (χ3v) is 2.50. The van der Waals surface area contributed by atoms with Crippen LogP contribution in [0.25, 0.3) is 6.08 Å². The van der Waals surface area contributed by atoms with Gasteiger partial charge in [-0.2, -0.15) is 5.10 Å². The van der Waals surface area contributed by atoms with Gasteiger partial charge >= 0.3 is 0 Å².